The maximum Gasteiger partial charge on any atom is 0.268 e. The van der Waals surface area contributed by atoms with Crippen molar-refractivity contribution in [3.8, 4) is 0 Å². The van der Waals surface area contributed by atoms with Gasteiger partial charge in [0, 0.05) is 11.1 Å². The lowest BCUT2D eigenvalue weighted by atomic mass is 10.2. The van der Waals surface area contributed by atoms with Gasteiger partial charge in [0.05, 0.1) is 6.26 Å². The van der Waals surface area contributed by atoms with Crippen molar-refractivity contribution in [1.82, 2.24) is 9.78 Å². The molecule has 0 fully saturated rings. The summed E-state index contributed by atoms with van der Waals surface area (Å²) < 4.78 is 5.93. The van der Waals surface area contributed by atoms with Crippen LogP contribution in [0.3, 0.4) is 0 Å². The molecule has 2 aromatic heterocycles. The van der Waals surface area contributed by atoms with E-state index in [4.69, 9.17) is 4.42 Å². The molecule has 0 amide bonds. The molecule has 0 unspecified atom stereocenters. The molecule has 0 aliphatic rings. The highest BCUT2D eigenvalue weighted by molar-refractivity contribution is 5.93. The zero-order valence-corrected chi connectivity index (χ0v) is 10.0. The van der Waals surface area contributed by atoms with Crippen molar-refractivity contribution in [2.75, 3.05) is 0 Å². The molecule has 0 spiro atoms. The molecule has 0 aliphatic heterocycles. The minimum atomic E-state index is -0.382. The Morgan fingerprint density at radius 2 is 2.06 bits per heavy atom. The molecule has 1 N–H and O–H groups in total. The summed E-state index contributed by atoms with van der Waals surface area (Å²) in [6.45, 7) is 2.87. The normalized spacial score (nSPS) is 10.6. The number of carbonyl (C=O) groups excluding carboxylic acids is 1. The van der Waals surface area contributed by atoms with Crippen LogP contribution >= 0.6 is 0 Å². The van der Waals surface area contributed by atoms with Gasteiger partial charge in [0.25, 0.3) is 11.1 Å². The third kappa shape index (κ3) is 2.04. The van der Waals surface area contributed by atoms with Crippen LogP contribution in [0.5, 0.6) is 0 Å². The monoisotopic (exact) mass is 248 g/mol. The lowest BCUT2D eigenvalue weighted by Gasteiger charge is -2.06. The standard InChI is InChI=1S/C12H12N2O4/c1-7-8(2)12(17)14(13-11(7)16)6-9(15)10-4-3-5-18-10/h3-5H,6H2,1-2H3,(H,13,16). The van der Waals surface area contributed by atoms with Gasteiger partial charge in [-0.15, -0.1) is 0 Å². The van der Waals surface area contributed by atoms with E-state index in [1.807, 2.05) is 0 Å². The second-order valence-corrected chi connectivity index (χ2v) is 3.98. The molecule has 6 nitrogen and oxygen atoms in total. The first-order valence-electron chi connectivity index (χ1n) is 5.37. The lowest BCUT2D eigenvalue weighted by molar-refractivity contribution is 0.0938. The molecule has 0 saturated heterocycles. The van der Waals surface area contributed by atoms with Crippen LogP contribution in [0.15, 0.2) is 32.4 Å². The van der Waals surface area contributed by atoms with Gasteiger partial charge >= 0.3 is 0 Å². The van der Waals surface area contributed by atoms with Gasteiger partial charge in [0.15, 0.2) is 5.76 Å². The van der Waals surface area contributed by atoms with Gasteiger partial charge in [-0.1, -0.05) is 0 Å². The number of nitrogens with one attached hydrogen (secondary N) is 1. The number of aromatic nitrogens is 2. The van der Waals surface area contributed by atoms with E-state index >= 15 is 0 Å². The number of rotatable bonds is 3. The predicted octanol–water partition coefficient (Wildman–Crippen LogP) is 0.629. The summed E-state index contributed by atoms with van der Waals surface area (Å²) in [6, 6.07) is 3.09. The largest absolute Gasteiger partial charge is 0.461 e. The number of ketones is 1. The number of hydrogen-bond acceptors (Lipinski definition) is 4. The van der Waals surface area contributed by atoms with Gasteiger partial charge in [0.2, 0.25) is 5.78 Å². The van der Waals surface area contributed by atoms with E-state index < -0.39 is 0 Å². The van der Waals surface area contributed by atoms with E-state index in [1.165, 1.54) is 12.3 Å². The molecule has 0 aliphatic carbocycles. The third-order valence-electron chi connectivity index (χ3n) is 2.80. The zero-order chi connectivity index (χ0) is 13.3. The molecule has 0 saturated carbocycles. The Morgan fingerprint density at radius 3 is 2.67 bits per heavy atom. The Morgan fingerprint density at radius 1 is 1.33 bits per heavy atom. The highest BCUT2D eigenvalue weighted by Gasteiger charge is 2.13. The van der Waals surface area contributed by atoms with Crippen LogP contribution in [0, 0.1) is 13.8 Å². The van der Waals surface area contributed by atoms with E-state index in [9.17, 15) is 14.4 Å². The molecule has 94 valence electrons. The predicted molar refractivity (Wildman–Crippen MR) is 63.8 cm³/mol. The van der Waals surface area contributed by atoms with Crippen LogP contribution in [-0.4, -0.2) is 15.6 Å². The van der Waals surface area contributed by atoms with E-state index in [-0.39, 0.29) is 29.2 Å². The van der Waals surface area contributed by atoms with Gasteiger partial charge in [-0.2, -0.15) is 0 Å². The van der Waals surface area contributed by atoms with Crippen LogP contribution in [-0.2, 0) is 6.54 Å². The fourth-order valence-electron chi connectivity index (χ4n) is 1.56. The second kappa shape index (κ2) is 4.48. The molecule has 0 bridgehead atoms. The van der Waals surface area contributed by atoms with Gasteiger partial charge in [-0.25, -0.2) is 4.68 Å². The quantitative estimate of drug-likeness (QED) is 0.807. The lowest BCUT2D eigenvalue weighted by Crippen LogP contribution is -2.35. The van der Waals surface area contributed by atoms with Crippen LogP contribution in [0.2, 0.25) is 0 Å². The zero-order valence-electron chi connectivity index (χ0n) is 10.0. The molecule has 18 heavy (non-hydrogen) atoms. The topological polar surface area (TPSA) is 85.1 Å². The van der Waals surface area contributed by atoms with Crippen molar-refractivity contribution in [3.05, 3.63) is 56.0 Å². The van der Waals surface area contributed by atoms with Crippen molar-refractivity contribution >= 4 is 5.78 Å². The molecular weight excluding hydrogens is 236 g/mol. The number of carbonyl (C=O) groups is 1. The first kappa shape index (κ1) is 12.1. The summed E-state index contributed by atoms with van der Waals surface area (Å²) in [5, 5.41) is 2.36. The highest BCUT2D eigenvalue weighted by Crippen LogP contribution is 2.02. The first-order valence-corrected chi connectivity index (χ1v) is 5.37. The van der Waals surface area contributed by atoms with E-state index in [2.05, 4.69) is 5.10 Å². The number of Topliss-reactive ketones (excluding diaryl/α,β-unsaturated/α-hetero) is 1. The molecule has 2 heterocycles. The van der Waals surface area contributed by atoms with Crippen LogP contribution in [0.25, 0.3) is 0 Å². The number of hydrogen-bond donors (Lipinski definition) is 1. The van der Waals surface area contributed by atoms with Crippen LogP contribution < -0.4 is 11.1 Å². The summed E-state index contributed by atoms with van der Waals surface area (Å²) >= 11 is 0. The Hall–Kier alpha value is -2.37. The number of aromatic amines is 1. The fraction of sp³-hybridized carbons (Fsp3) is 0.250. The van der Waals surface area contributed by atoms with Crippen molar-refractivity contribution < 1.29 is 9.21 Å². The second-order valence-electron chi connectivity index (χ2n) is 3.98. The van der Waals surface area contributed by atoms with E-state index in [1.54, 1.807) is 19.9 Å². The van der Waals surface area contributed by atoms with Crippen molar-refractivity contribution in [2.24, 2.45) is 0 Å². The minimum absolute atomic E-state index is 0.154. The number of furan rings is 1. The van der Waals surface area contributed by atoms with E-state index in [0.29, 0.717) is 11.1 Å². The smallest absolute Gasteiger partial charge is 0.268 e. The Balaban J connectivity index is 2.39. The van der Waals surface area contributed by atoms with Gasteiger partial charge in [-0.3, -0.25) is 19.5 Å². The first-order chi connectivity index (χ1) is 8.50. The minimum Gasteiger partial charge on any atom is -0.461 e. The van der Waals surface area contributed by atoms with Crippen LogP contribution in [0.4, 0.5) is 0 Å². The summed E-state index contributed by atoms with van der Waals surface area (Å²) in [5.41, 5.74) is -0.0564. The molecule has 6 heteroatoms. The number of nitrogens with zero attached hydrogens (tertiary/aromatic N) is 1. The van der Waals surface area contributed by atoms with Gasteiger partial charge < -0.3 is 4.42 Å². The maximum atomic E-state index is 11.9. The van der Waals surface area contributed by atoms with Crippen molar-refractivity contribution in [2.45, 2.75) is 20.4 Å². The van der Waals surface area contributed by atoms with Crippen molar-refractivity contribution in [3.63, 3.8) is 0 Å². The van der Waals surface area contributed by atoms with Gasteiger partial charge in [0.1, 0.15) is 6.54 Å². The summed E-state index contributed by atoms with van der Waals surface area (Å²) in [5.74, 6) is -0.220. The Labute approximate surface area is 102 Å². The molecule has 2 rings (SSSR count). The molecular formula is C12H12N2O4. The van der Waals surface area contributed by atoms with E-state index in [0.717, 1.165) is 4.68 Å². The van der Waals surface area contributed by atoms with Crippen LogP contribution in [0.1, 0.15) is 21.7 Å². The maximum absolute atomic E-state index is 11.9. The SMILES string of the molecule is Cc1c(C)c(=O)n(CC(=O)c2ccco2)[nH]c1=O. The van der Waals surface area contributed by atoms with Gasteiger partial charge in [-0.05, 0) is 26.0 Å². The molecule has 0 atom stereocenters. The summed E-state index contributed by atoms with van der Waals surface area (Å²) in [4.78, 5) is 35.1. The average Bonchev–Trinajstić information content (AvgIpc) is 2.87. The molecule has 0 radical (unpaired) electrons. The fourth-order valence-corrected chi connectivity index (χ4v) is 1.56. The summed E-state index contributed by atoms with van der Waals surface area (Å²) in [7, 11) is 0. The molecule has 0 aromatic carbocycles. The Kier molecular flexibility index (Phi) is 3.01. The average molecular weight is 248 g/mol. The van der Waals surface area contributed by atoms with Crippen molar-refractivity contribution in [1.29, 1.82) is 0 Å². The molecule has 2 aromatic rings. The highest BCUT2D eigenvalue weighted by atomic mass is 16.3. The third-order valence-corrected chi connectivity index (χ3v) is 2.80. The Bertz CT molecular complexity index is 692. The number of H-pyrrole nitrogens is 1. The summed E-state index contributed by atoms with van der Waals surface area (Å²) in [6.07, 6.45) is 1.37.